The lowest BCUT2D eigenvalue weighted by molar-refractivity contribution is 0.0697. The third-order valence-electron chi connectivity index (χ3n) is 2.68. The Kier molecular flexibility index (Phi) is 4.42. The second kappa shape index (κ2) is 6.07. The van der Waals surface area contributed by atoms with Crippen LogP contribution in [0.4, 0.5) is 5.82 Å². The van der Waals surface area contributed by atoms with Crippen molar-refractivity contribution in [2.24, 2.45) is 0 Å². The van der Waals surface area contributed by atoms with Gasteiger partial charge in [0.2, 0.25) is 0 Å². The fourth-order valence-electron chi connectivity index (χ4n) is 1.75. The highest BCUT2D eigenvalue weighted by atomic mass is 35.5. The highest BCUT2D eigenvalue weighted by molar-refractivity contribution is 6.33. The van der Waals surface area contributed by atoms with Crippen LogP contribution in [0, 0.1) is 0 Å². The van der Waals surface area contributed by atoms with Crippen LogP contribution in [0.5, 0.6) is 0 Å². The Bertz CT molecular complexity index is 649. The highest BCUT2D eigenvalue weighted by Gasteiger charge is 2.12. The summed E-state index contributed by atoms with van der Waals surface area (Å²) in [6, 6.07) is 4.85. The molecule has 5 nitrogen and oxygen atoms in total. The van der Waals surface area contributed by atoms with Crippen LogP contribution in [0.3, 0.4) is 0 Å². The van der Waals surface area contributed by atoms with Gasteiger partial charge in [-0.3, -0.25) is 0 Å². The Morgan fingerprint density at radius 2 is 2.00 bits per heavy atom. The molecule has 1 heterocycles. The number of benzene rings is 1. The maximum Gasteiger partial charge on any atom is 0.337 e. The lowest BCUT2D eigenvalue weighted by Gasteiger charge is -2.19. The monoisotopic (exact) mass is 311 g/mol. The van der Waals surface area contributed by atoms with Gasteiger partial charge in [0, 0.05) is 26.0 Å². The van der Waals surface area contributed by atoms with Gasteiger partial charge >= 0.3 is 5.97 Å². The molecule has 0 amide bonds. The van der Waals surface area contributed by atoms with Gasteiger partial charge in [0.15, 0.2) is 11.0 Å². The minimum Gasteiger partial charge on any atom is -0.478 e. The van der Waals surface area contributed by atoms with E-state index in [0.717, 1.165) is 5.56 Å². The average Bonchev–Trinajstić information content (AvgIpc) is 2.41. The van der Waals surface area contributed by atoms with Gasteiger partial charge < -0.3 is 10.0 Å². The van der Waals surface area contributed by atoms with Gasteiger partial charge in [-0.1, -0.05) is 29.3 Å². The second-order valence-corrected chi connectivity index (χ2v) is 4.91. The molecule has 20 heavy (non-hydrogen) atoms. The van der Waals surface area contributed by atoms with Crippen LogP contribution in [0.15, 0.2) is 30.6 Å². The van der Waals surface area contributed by atoms with E-state index >= 15 is 0 Å². The predicted molar refractivity (Wildman–Crippen MR) is 77.6 cm³/mol. The fraction of sp³-hybridized carbons (Fsp3) is 0.154. The van der Waals surface area contributed by atoms with Crippen molar-refractivity contribution in [3.05, 3.63) is 51.9 Å². The largest absolute Gasteiger partial charge is 0.478 e. The number of carboxylic acid groups (broad SMARTS) is 1. The van der Waals surface area contributed by atoms with Crippen molar-refractivity contribution in [1.29, 1.82) is 0 Å². The Hall–Kier alpha value is -1.85. The van der Waals surface area contributed by atoms with Crippen molar-refractivity contribution >= 4 is 35.0 Å². The zero-order chi connectivity index (χ0) is 14.7. The lowest BCUT2D eigenvalue weighted by Crippen LogP contribution is -2.18. The second-order valence-electron chi connectivity index (χ2n) is 4.15. The van der Waals surface area contributed by atoms with E-state index < -0.39 is 5.97 Å². The summed E-state index contributed by atoms with van der Waals surface area (Å²) in [5.74, 6) is -0.530. The standard InChI is InChI=1S/C13H11Cl2N3O2/c1-18(12-11(15)16-4-5-17-12)7-8-2-3-10(14)9(6-8)13(19)20/h2-6H,7H2,1H3,(H,19,20). The molecule has 0 spiro atoms. The lowest BCUT2D eigenvalue weighted by atomic mass is 10.1. The fourth-order valence-corrected chi connectivity index (χ4v) is 2.20. The molecule has 0 bridgehead atoms. The molecule has 0 radical (unpaired) electrons. The van der Waals surface area contributed by atoms with Crippen molar-refractivity contribution in [3.63, 3.8) is 0 Å². The number of rotatable bonds is 4. The van der Waals surface area contributed by atoms with E-state index in [1.165, 1.54) is 12.3 Å². The summed E-state index contributed by atoms with van der Waals surface area (Å²) in [7, 11) is 1.80. The number of halogens is 2. The Labute approximate surface area is 125 Å². The summed E-state index contributed by atoms with van der Waals surface area (Å²) >= 11 is 11.8. The predicted octanol–water partition coefficient (Wildman–Crippen LogP) is 3.12. The maximum absolute atomic E-state index is 11.0. The Morgan fingerprint density at radius 3 is 2.65 bits per heavy atom. The van der Waals surface area contributed by atoms with Gasteiger partial charge in [0.1, 0.15) is 0 Å². The van der Waals surface area contributed by atoms with Crippen LogP contribution < -0.4 is 4.90 Å². The van der Waals surface area contributed by atoms with Crippen LogP contribution >= 0.6 is 23.2 Å². The molecule has 1 N–H and O–H groups in total. The maximum atomic E-state index is 11.0. The zero-order valence-corrected chi connectivity index (χ0v) is 12.1. The van der Waals surface area contributed by atoms with Crippen LogP contribution in [-0.4, -0.2) is 28.1 Å². The molecule has 0 aliphatic heterocycles. The molecule has 0 atom stereocenters. The first-order chi connectivity index (χ1) is 9.49. The van der Waals surface area contributed by atoms with E-state index in [9.17, 15) is 4.79 Å². The summed E-state index contributed by atoms with van der Waals surface area (Å²) < 4.78 is 0. The molecule has 2 aromatic rings. The SMILES string of the molecule is CN(Cc1ccc(Cl)c(C(=O)O)c1)c1nccnc1Cl. The number of carbonyl (C=O) groups is 1. The van der Waals surface area contributed by atoms with Crippen molar-refractivity contribution in [2.45, 2.75) is 6.54 Å². The summed E-state index contributed by atoms with van der Waals surface area (Å²) in [4.78, 5) is 20.9. The van der Waals surface area contributed by atoms with E-state index in [4.69, 9.17) is 28.3 Å². The van der Waals surface area contributed by atoms with Crippen molar-refractivity contribution in [3.8, 4) is 0 Å². The molecule has 2 rings (SSSR count). The highest BCUT2D eigenvalue weighted by Crippen LogP contribution is 2.22. The molecule has 0 aliphatic rings. The van der Waals surface area contributed by atoms with Gasteiger partial charge in [0.25, 0.3) is 0 Å². The first kappa shape index (κ1) is 14.6. The molecule has 0 fully saturated rings. The van der Waals surface area contributed by atoms with Gasteiger partial charge in [-0.05, 0) is 17.7 Å². The van der Waals surface area contributed by atoms with E-state index in [0.29, 0.717) is 17.5 Å². The molecule has 7 heteroatoms. The molecule has 0 saturated heterocycles. The summed E-state index contributed by atoms with van der Waals surface area (Å²) in [5, 5.41) is 9.55. The minimum absolute atomic E-state index is 0.0720. The molecular formula is C13H11Cl2N3O2. The van der Waals surface area contributed by atoms with E-state index in [2.05, 4.69) is 9.97 Å². The first-order valence-corrected chi connectivity index (χ1v) is 6.44. The van der Waals surface area contributed by atoms with Crippen molar-refractivity contribution in [1.82, 2.24) is 9.97 Å². The quantitative estimate of drug-likeness (QED) is 0.939. The first-order valence-electron chi connectivity index (χ1n) is 5.68. The molecule has 1 aromatic heterocycles. The van der Waals surface area contributed by atoms with Crippen LogP contribution in [-0.2, 0) is 6.54 Å². The summed E-state index contributed by atoms with van der Waals surface area (Å²) in [6.07, 6.45) is 3.05. The van der Waals surface area contributed by atoms with Crippen molar-refractivity contribution < 1.29 is 9.90 Å². The summed E-state index contributed by atoms with van der Waals surface area (Å²) in [5.41, 5.74) is 0.860. The summed E-state index contributed by atoms with van der Waals surface area (Å²) in [6.45, 7) is 0.440. The van der Waals surface area contributed by atoms with E-state index in [1.54, 1.807) is 30.3 Å². The third-order valence-corrected chi connectivity index (χ3v) is 3.27. The van der Waals surface area contributed by atoms with Gasteiger partial charge in [0.05, 0.1) is 10.6 Å². The molecule has 0 unspecified atom stereocenters. The number of carboxylic acids is 1. The van der Waals surface area contributed by atoms with Crippen molar-refractivity contribution in [2.75, 3.05) is 11.9 Å². The molecule has 104 valence electrons. The molecule has 1 aromatic carbocycles. The van der Waals surface area contributed by atoms with Gasteiger partial charge in [-0.15, -0.1) is 0 Å². The number of hydrogen-bond donors (Lipinski definition) is 1. The number of nitrogens with zero attached hydrogens (tertiary/aromatic N) is 3. The topological polar surface area (TPSA) is 66.3 Å². The molecular weight excluding hydrogens is 301 g/mol. The van der Waals surface area contributed by atoms with E-state index in [-0.39, 0.29) is 10.6 Å². The van der Waals surface area contributed by atoms with Gasteiger partial charge in [-0.2, -0.15) is 0 Å². The Balaban J connectivity index is 2.24. The number of anilines is 1. The smallest absolute Gasteiger partial charge is 0.337 e. The van der Waals surface area contributed by atoms with Crippen LogP contribution in [0.1, 0.15) is 15.9 Å². The van der Waals surface area contributed by atoms with Crippen LogP contribution in [0.25, 0.3) is 0 Å². The molecule has 0 aliphatic carbocycles. The minimum atomic E-state index is -1.06. The average molecular weight is 312 g/mol. The Morgan fingerprint density at radius 1 is 1.30 bits per heavy atom. The number of hydrogen-bond acceptors (Lipinski definition) is 4. The third kappa shape index (κ3) is 3.18. The van der Waals surface area contributed by atoms with E-state index in [1.807, 2.05) is 0 Å². The van der Waals surface area contributed by atoms with Crippen LogP contribution in [0.2, 0.25) is 10.2 Å². The molecule has 0 saturated carbocycles. The zero-order valence-electron chi connectivity index (χ0n) is 10.5. The number of aromatic carboxylic acids is 1. The van der Waals surface area contributed by atoms with Gasteiger partial charge in [-0.25, -0.2) is 14.8 Å². The normalized spacial score (nSPS) is 10.3. The number of aromatic nitrogens is 2.